The van der Waals surface area contributed by atoms with Crippen molar-refractivity contribution in [3.05, 3.63) is 0 Å². The zero-order valence-electron chi connectivity index (χ0n) is 11.8. The lowest BCUT2D eigenvalue weighted by Crippen LogP contribution is -2.40. The maximum absolute atomic E-state index is 11.5. The molecule has 1 rings (SSSR count). The van der Waals surface area contributed by atoms with Crippen molar-refractivity contribution in [1.29, 1.82) is 0 Å². The van der Waals surface area contributed by atoms with Gasteiger partial charge < -0.3 is 11.1 Å². The Kier molecular flexibility index (Phi) is 8.01. The highest BCUT2D eigenvalue weighted by molar-refractivity contribution is 5.75. The number of hydrogen-bond acceptors (Lipinski definition) is 3. The van der Waals surface area contributed by atoms with Crippen LogP contribution in [0.1, 0.15) is 51.9 Å². The molecular weight excluding hydrogens is 226 g/mol. The van der Waals surface area contributed by atoms with Crippen LogP contribution in [0.25, 0.3) is 0 Å². The van der Waals surface area contributed by atoms with Gasteiger partial charge in [-0.3, -0.25) is 9.69 Å². The first-order chi connectivity index (χ1) is 8.77. The van der Waals surface area contributed by atoms with E-state index in [9.17, 15) is 4.79 Å². The third-order valence-corrected chi connectivity index (χ3v) is 3.74. The first kappa shape index (κ1) is 15.4. The van der Waals surface area contributed by atoms with Gasteiger partial charge in [-0.25, -0.2) is 0 Å². The molecule has 1 aliphatic rings. The molecule has 0 heterocycles. The van der Waals surface area contributed by atoms with E-state index < -0.39 is 0 Å². The van der Waals surface area contributed by atoms with Crippen LogP contribution in [-0.4, -0.2) is 43.0 Å². The van der Waals surface area contributed by atoms with Crippen LogP contribution in [0.3, 0.4) is 0 Å². The zero-order chi connectivity index (χ0) is 13.2. The minimum absolute atomic E-state index is 0.172. The fraction of sp³-hybridized carbons (Fsp3) is 0.929. The van der Waals surface area contributed by atoms with Crippen LogP contribution in [0.4, 0.5) is 0 Å². The number of nitrogens with two attached hydrogens (primary N) is 1. The number of rotatable bonds is 8. The van der Waals surface area contributed by atoms with Crippen LogP contribution in [0.15, 0.2) is 0 Å². The summed E-state index contributed by atoms with van der Waals surface area (Å²) in [7, 11) is 0. The van der Waals surface area contributed by atoms with Gasteiger partial charge in [-0.1, -0.05) is 19.3 Å². The summed E-state index contributed by atoms with van der Waals surface area (Å²) in [6, 6.07) is 0.680. The number of nitrogens with one attached hydrogen (secondary N) is 1. The summed E-state index contributed by atoms with van der Waals surface area (Å²) in [5.41, 5.74) is 5.60. The van der Waals surface area contributed by atoms with Crippen molar-refractivity contribution < 1.29 is 4.79 Å². The van der Waals surface area contributed by atoms with Crippen molar-refractivity contribution in [2.24, 2.45) is 5.73 Å². The molecule has 0 bridgehead atoms. The molecule has 3 N–H and O–H groups in total. The third-order valence-electron chi connectivity index (χ3n) is 3.74. The Hall–Kier alpha value is -0.610. The molecule has 0 unspecified atom stereocenters. The molecule has 0 saturated heterocycles. The smallest absolute Gasteiger partial charge is 0.221 e. The Labute approximate surface area is 111 Å². The Balaban J connectivity index is 2.36. The fourth-order valence-corrected chi connectivity index (χ4v) is 2.75. The molecule has 0 aromatic heterocycles. The predicted octanol–water partition coefficient (Wildman–Crippen LogP) is 1.50. The van der Waals surface area contributed by atoms with E-state index in [2.05, 4.69) is 10.2 Å². The number of nitrogens with zero attached hydrogens (tertiary/aromatic N) is 1. The highest BCUT2D eigenvalue weighted by Gasteiger charge is 2.20. The standard InChI is InChI=1S/C14H29N3O/c1-2-16-14(18)9-12-17(11-6-10-15)13-7-4-3-5-8-13/h13H,2-12,15H2,1H3,(H,16,18). The Morgan fingerprint density at radius 1 is 1.28 bits per heavy atom. The van der Waals surface area contributed by atoms with Crippen molar-refractivity contribution in [2.75, 3.05) is 26.2 Å². The highest BCUT2D eigenvalue weighted by Crippen LogP contribution is 2.22. The van der Waals surface area contributed by atoms with E-state index in [4.69, 9.17) is 5.73 Å². The quantitative estimate of drug-likeness (QED) is 0.691. The maximum atomic E-state index is 11.5. The van der Waals surface area contributed by atoms with Gasteiger partial charge in [0.15, 0.2) is 0 Å². The molecule has 106 valence electrons. The van der Waals surface area contributed by atoms with Gasteiger partial charge in [-0.2, -0.15) is 0 Å². The monoisotopic (exact) mass is 255 g/mol. The van der Waals surface area contributed by atoms with Gasteiger partial charge in [0.25, 0.3) is 0 Å². The molecule has 0 radical (unpaired) electrons. The summed E-state index contributed by atoms with van der Waals surface area (Å²) in [5, 5.41) is 2.87. The molecular formula is C14H29N3O. The lowest BCUT2D eigenvalue weighted by atomic mass is 9.94. The minimum atomic E-state index is 0.172. The van der Waals surface area contributed by atoms with Crippen LogP contribution in [0.2, 0.25) is 0 Å². The number of amides is 1. The van der Waals surface area contributed by atoms with E-state index in [0.29, 0.717) is 12.5 Å². The van der Waals surface area contributed by atoms with Crippen LogP contribution in [0, 0.1) is 0 Å². The molecule has 1 amide bonds. The molecule has 0 aliphatic heterocycles. The van der Waals surface area contributed by atoms with Crippen molar-refractivity contribution in [2.45, 2.75) is 57.9 Å². The van der Waals surface area contributed by atoms with Crippen LogP contribution < -0.4 is 11.1 Å². The largest absolute Gasteiger partial charge is 0.356 e. The van der Waals surface area contributed by atoms with E-state index in [0.717, 1.165) is 32.6 Å². The number of carbonyl (C=O) groups is 1. The van der Waals surface area contributed by atoms with Gasteiger partial charge in [0.1, 0.15) is 0 Å². The Morgan fingerprint density at radius 2 is 2.00 bits per heavy atom. The normalized spacial score (nSPS) is 17.1. The van der Waals surface area contributed by atoms with Gasteiger partial charge >= 0.3 is 0 Å². The average Bonchev–Trinajstić information content (AvgIpc) is 2.40. The second kappa shape index (κ2) is 9.34. The summed E-state index contributed by atoms with van der Waals surface area (Å²) >= 11 is 0. The molecule has 4 heteroatoms. The topological polar surface area (TPSA) is 58.4 Å². The van der Waals surface area contributed by atoms with Crippen molar-refractivity contribution in [1.82, 2.24) is 10.2 Å². The zero-order valence-corrected chi connectivity index (χ0v) is 11.8. The lowest BCUT2D eigenvalue weighted by molar-refractivity contribution is -0.121. The molecule has 0 atom stereocenters. The summed E-state index contributed by atoms with van der Waals surface area (Å²) in [6.07, 6.45) is 8.29. The number of carbonyl (C=O) groups excluding carboxylic acids is 1. The SMILES string of the molecule is CCNC(=O)CCN(CCCN)C1CCCCC1. The Morgan fingerprint density at radius 3 is 2.61 bits per heavy atom. The van der Waals surface area contributed by atoms with E-state index in [1.54, 1.807) is 0 Å². The molecule has 0 aromatic rings. The van der Waals surface area contributed by atoms with Gasteiger partial charge in [0, 0.05) is 25.6 Å². The summed E-state index contributed by atoms with van der Waals surface area (Å²) < 4.78 is 0. The van der Waals surface area contributed by atoms with Gasteiger partial charge in [0.05, 0.1) is 0 Å². The van der Waals surface area contributed by atoms with E-state index in [-0.39, 0.29) is 5.91 Å². The first-order valence-electron chi connectivity index (χ1n) is 7.48. The summed E-state index contributed by atoms with van der Waals surface area (Å²) in [5.74, 6) is 0.172. The van der Waals surface area contributed by atoms with Crippen LogP contribution in [0.5, 0.6) is 0 Å². The molecule has 1 saturated carbocycles. The lowest BCUT2D eigenvalue weighted by Gasteiger charge is -2.34. The predicted molar refractivity (Wildman–Crippen MR) is 75.4 cm³/mol. The average molecular weight is 255 g/mol. The fourth-order valence-electron chi connectivity index (χ4n) is 2.75. The van der Waals surface area contributed by atoms with Crippen molar-refractivity contribution in [3.63, 3.8) is 0 Å². The molecule has 18 heavy (non-hydrogen) atoms. The van der Waals surface area contributed by atoms with Crippen molar-refractivity contribution in [3.8, 4) is 0 Å². The molecule has 0 aromatic carbocycles. The summed E-state index contributed by atoms with van der Waals surface area (Å²) in [6.45, 7) is 5.36. The van der Waals surface area contributed by atoms with Gasteiger partial charge in [0.2, 0.25) is 5.91 Å². The second-order valence-electron chi connectivity index (χ2n) is 5.17. The second-order valence-corrected chi connectivity index (χ2v) is 5.17. The van der Waals surface area contributed by atoms with E-state index in [1.165, 1.54) is 32.1 Å². The molecule has 4 nitrogen and oxygen atoms in total. The first-order valence-corrected chi connectivity index (χ1v) is 7.48. The molecule has 1 aliphatic carbocycles. The third kappa shape index (κ3) is 5.83. The molecule has 1 fully saturated rings. The van der Waals surface area contributed by atoms with Gasteiger partial charge in [-0.15, -0.1) is 0 Å². The maximum Gasteiger partial charge on any atom is 0.221 e. The van der Waals surface area contributed by atoms with Crippen LogP contribution in [-0.2, 0) is 4.79 Å². The van der Waals surface area contributed by atoms with Gasteiger partial charge in [-0.05, 0) is 39.3 Å². The molecule has 0 spiro atoms. The summed E-state index contributed by atoms with van der Waals surface area (Å²) in [4.78, 5) is 14.0. The van der Waals surface area contributed by atoms with E-state index in [1.807, 2.05) is 6.92 Å². The number of hydrogen-bond donors (Lipinski definition) is 2. The van der Waals surface area contributed by atoms with Crippen molar-refractivity contribution >= 4 is 5.91 Å². The van der Waals surface area contributed by atoms with E-state index >= 15 is 0 Å². The highest BCUT2D eigenvalue weighted by atomic mass is 16.1. The van der Waals surface area contributed by atoms with Crippen LogP contribution >= 0.6 is 0 Å². The minimum Gasteiger partial charge on any atom is -0.356 e. The Bertz CT molecular complexity index is 227.